The van der Waals surface area contributed by atoms with Crippen LogP contribution in [0.4, 0.5) is 5.69 Å². The van der Waals surface area contributed by atoms with Crippen LogP contribution in [0.15, 0.2) is 42.5 Å². The normalized spacial score (nSPS) is 15.3. The molecule has 23 heavy (non-hydrogen) atoms. The third-order valence-electron chi connectivity index (χ3n) is 3.93. The number of nitrogens with zero attached hydrogens (tertiary/aromatic N) is 2. The van der Waals surface area contributed by atoms with E-state index in [4.69, 9.17) is 0 Å². The number of imidazole rings is 1. The Morgan fingerprint density at radius 1 is 1.09 bits per heavy atom. The minimum absolute atomic E-state index is 0.333. The Balaban J connectivity index is 1.81. The number of benzene rings is 2. The van der Waals surface area contributed by atoms with Gasteiger partial charge in [0.15, 0.2) is 0 Å². The summed E-state index contributed by atoms with van der Waals surface area (Å²) >= 11 is 0. The highest BCUT2D eigenvalue weighted by Gasteiger charge is 2.36. The van der Waals surface area contributed by atoms with Crippen LogP contribution in [0.5, 0.6) is 0 Å². The van der Waals surface area contributed by atoms with Crippen molar-refractivity contribution in [1.82, 2.24) is 9.97 Å². The van der Waals surface area contributed by atoms with Crippen LogP contribution in [0.2, 0.25) is 0 Å². The molecule has 2 N–H and O–H groups in total. The number of aliphatic hydroxyl groups excluding tert-OH is 1. The lowest BCUT2D eigenvalue weighted by Crippen LogP contribution is -2.29. The number of nitrogens with one attached hydrogen (secondary N) is 1. The summed E-state index contributed by atoms with van der Waals surface area (Å²) in [7, 11) is 0. The van der Waals surface area contributed by atoms with Crippen molar-refractivity contribution in [3.05, 3.63) is 59.4 Å². The van der Waals surface area contributed by atoms with Gasteiger partial charge in [-0.05, 0) is 37.3 Å². The van der Waals surface area contributed by atoms with Gasteiger partial charge in [-0.3, -0.25) is 9.59 Å². The quantitative estimate of drug-likeness (QED) is 0.712. The van der Waals surface area contributed by atoms with Crippen LogP contribution in [0.3, 0.4) is 0 Å². The molecule has 1 aliphatic rings. The second-order valence-corrected chi connectivity index (χ2v) is 5.49. The molecular weight excluding hydrogens is 294 g/mol. The zero-order valence-electron chi connectivity index (χ0n) is 12.3. The molecule has 4 rings (SSSR count). The Hall–Kier alpha value is -2.99. The summed E-state index contributed by atoms with van der Waals surface area (Å²) in [5, 5.41) is 9.60. The van der Waals surface area contributed by atoms with E-state index in [-0.39, 0.29) is 11.8 Å². The molecule has 1 aliphatic heterocycles. The Labute approximate surface area is 131 Å². The van der Waals surface area contributed by atoms with Crippen molar-refractivity contribution in [2.24, 2.45) is 0 Å². The topological polar surface area (TPSA) is 86.3 Å². The molecule has 0 spiro atoms. The van der Waals surface area contributed by atoms with Crippen molar-refractivity contribution in [2.75, 3.05) is 4.90 Å². The van der Waals surface area contributed by atoms with E-state index < -0.39 is 6.10 Å². The number of anilines is 1. The molecule has 2 amide bonds. The number of amides is 2. The average molecular weight is 307 g/mol. The van der Waals surface area contributed by atoms with E-state index in [1.807, 2.05) is 0 Å². The van der Waals surface area contributed by atoms with Crippen LogP contribution in [0.1, 0.15) is 39.6 Å². The SMILES string of the molecule is CC(O)c1nc2ccc(N3C(=O)c4ccccc4C3=O)cc2[nH]1. The first-order chi connectivity index (χ1) is 11.1. The van der Waals surface area contributed by atoms with Crippen molar-refractivity contribution < 1.29 is 14.7 Å². The van der Waals surface area contributed by atoms with Gasteiger partial charge in [-0.15, -0.1) is 0 Å². The molecule has 0 saturated carbocycles. The molecule has 0 aliphatic carbocycles. The van der Waals surface area contributed by atoms with Crippen molar-refractivity contribution in [1.29, 1.82) is 0 Å². The predicted molar refractivity (Wildman–Crippen MR) is 84.3 cm³/mol. The van der Waals surface area contributed by atoms with Gasteiger partial charge in [-0.1, -0.05) is 12.1 Å². The zero-order valence-corrected chi connectivity index (χ0v) is 12.3. The minimum Gasteiger partial charge on any atom is -0.385 e. The van der Waals surface area contributed by atoms with E-state index in [1.165, 1.54) is 0 Å². The molecule has 6 heteroatoms. The van der Waals surface area contributed by atoms with Crippen molar-refractivity contribution in [3.8, 4) is 0 Å². The lowest BCUT2D eigenvalue weighted by molar-refractivity contribution is 0.0926. The molecule has 0 saturated heterocycles. The van der Waals surface area contributed by atoms with E-state index >= 15 is 0 Å². The molecule has 1 aromatic heterocycles. The van der Waals surface area contributed by atoms with E-state index in [0.29, 0.717) is 33.7 Å². The first kappa shape index (κ1) is 13.7. The number of aromatic amines is 1. The van der Waals surface area contributed by atoms with Gasteiger partial charge in [0.1, 0.15) is 11.9 Å². The van der Waals surface area contributed by atoms with Gasteiger partial charge in [-0.25, -0.2) is 9.88 Å². The number of hydrogen-bond donors (Lipinski definition) is 2. The molecular formula is C17H13N3O3. The number of carbonyl (C=O) groups excluding carboxylic acids is 2. The molecule has 2 aromatic carbocycles. The average Bonchev–Trinajstić information content (AvgIpc) is 3.08. The summed E-state index contributed by atoms with van der Waals surface area (Å²) in [5.41, 5.74) is 2.62. The van der Waals surface area contributed by atoms with Crippen LogP contribution in [0, 0.1) is 0 Å². The van der Waals surface area contributed by atoms with E-state index in [1.54, 1.807) is 49.4 Å². The number of aromatic nitrogens is 2. The second kappa shape index (κ2) is 4.76. The molecule has 3 aromatic rings. The number of carbonyl (C=O) groups is 2. The highest BCUT2D eigenvalue weighted by Crippen LogP contribution is 2.30. The standard InChI is InChI=1S/C17H13N3O3/c1-9(21)15-18-13-7-6-10(8-14(13)19-15)20-16(22)11-4-2-3-5-12(11)17(20)23/h2-9,21H,1H3,(H,18,19). The largest absolute Gasteiger partial charge is 0.385 e. The second-order valence-electron chi connectivity index (χ2n) is 5.49. The maximum atomic E-state index is 12.5. The van der Waals surface area contributed by atoms with Crippen LogP contribution < -0.4 is 4.90 Å². The molecule has 0 radical (unpaired) electrons. The van der Waals surface area contributed by atoms with Crippen LogP contribution >= 0.6 is 0 Å². The Morgan fingerprint density at radius 2 is 1.74 bits per heavy atom. The van der Waals surface area contributed by atoms with Crippen LogP contribution in [0.25, 0.3) is 11.0 Å². The molecule has 1 atom stereocenters. The minimum atomic E-state index is -0.717. The fourth-order valence-corrected chi connectivity index (χ4v) is 2.78. The van der Waals surface area contributed by atoms with Crippen LogP contribution in [-0.4, -0.2) is 26.9 Å². The first-order valence-corrected chi connectivity index (χ1v) is 7.22. The Bertz CT molecular complexity index is 924. The molecule has 1 unspecified atom stereocenters. The summed E-state index contributed by atoms with van der Waals surface area (Å²) < 4.78 is 0. The van der Waals surface area contributed by atoms with Crippen molar-refractivity contribution in [3.63, 3.8) is 0 Å². The number of aliphatic hydroxyl groups is 1. The lowest BCUT2D eigenvalue weighted by Gasteiger charge is -2.13. The van der Waals surface area contributed by atoms with Crippen LogP contribution in [-0.2, 0) is 0 Å². The number of fused-ring (bicyclic) bond motifs is 2. The number of hydrogen-bond acceptors (Lipinski definition) is 4. The summed E-state index contributed by atoms with van der Waals surface area (Å²) in [6.45, 7) is 1.61. The van der Waals surface area contributed by atoms with Gasteiger partial charge in [0.05, 0.1) is 27.8 Å². The van der Waals surface area contributed by atoms with Gasteiger partial charge < -0.3 is 10.1 Å². The smallest absolute Gasteiger partial charge is 0.266 e. The third kappa shape index (κ3) is 1.96. The lowest BCUT2D eigenvalue weighted by atomic mass is 10.1. The number of imide groups is 1. The zero-order chi connectivity index (χ0) is 16.1. The highest BCUT2D eigenvalue weighted by atomic mass is 16.3. The van der Waals surface area contributed by atoms with Gasteiger partial charge in [0, 0.05) is 0 Å². The van der Waals surface area contributed by atoms with Crippen molar-refractivity contribution in [2.45, 2.75) is 13.0 Å². The summed E-state index contributed by atoms with van der Waals surface area (Å²) in [6.07, 6.45) is -0.717. The van der Waals surface area contributed by atoms with Gasteiger partial charge in [0.2, 0.25) is 0 Å². The predicted octanol–water partition coefficient (Wildman–Crippen LogP) is 2.42. The van der Waals surface area contributed by atoms with E-state index in [9.17, 15) is 14.7 Å². The molecule has 0 fully saturated rings. The third-order valence-corrected chi connectivity index (χ3v) is 3.93. The molecule has 6 nitrogen and oxygen atoms in total. The molecule has 114 valence electrons. The Morgan fingerprint density at radius 3 is 2.35 bits per heavy atom. The van der Waals surface area contributed by atoms with Gasteiger partial charge in [-0.2, -0.15) is 0 Å². The first-order valence-electron chi connectivity index (χ1n) is 7.22. The monoisotopic (exact) mass is 307 g/mol. The van der Waals surface area contributed by atoms with Crippen molar-refractivity contribution >= 4 is 28.5 Å². The summed E-state index contributed by atoms with van der Waals surface area (Å²) in [5.74, 6) is -0.222. The maximum absolute atomic E-state index is 12.5. The summed E-state index contributed by atoms with van der Waals surface area (Å²) in [4.78, 5) is 33.4. The maximum Gasteiger partial charge on any atom is 0.266 e. The Kier molecular flexibility index (Phi) is 2.82. The summed E-state index contributed by atoms with van der Waals surface area (Å²) in [6, 6.07) is 11.9. The highest BCUT2D eigenvalue weighted by molar-refractivity contribution is 6.34. The van der Waals surface area contributed by atoms with Gasteiger partial charge >= 0.3 is 0 Å². The molecule has 0 bridgehead atoms. The van der Waals surface area contributed by atoms with Gasteiger partial charge in [0.25, 0.3) is 11.8 Å². The fourth-order valence-electron chi connectivity index (χ4n) is 2.78. The number of rotatable bonds is 2. The van der Waals surface area contributed by atoms with E-state index in [0.717, 1.165) is 4.90 Å². The molecule has 2 heterocycles. The number of H-pyrrole nitrogens is 1. The van der Waals surface area contributed by atoms with E-state index in [2.05, 4.69) is 9.97 Å². The fraction of sp³-hybridized carbons (Fsp3) is 0.118.